The second kappa shape index (κ2) is 6.53. The van der Waals surface area contributed by atoms with Crippen molar-refractivity contribution in [3.8, 4) is 0 Å². The van der Waals surface area contributed by atoms with Gasteiger partial charge in [0.2, 0.25) is 0 Å². The van der Waals surface area contributed by atoms with Crippen LogP contribution >= 0.6 is 28.1 Å². The minimum Gasteiger partial charge on any atom is -0.334 e. The highest BCUT2D eigenvalue weighted by Crippen LogP contribution is 2.66. The second-order valence-electron chi connectivity index (χ2n) is 7.75. The maximum absolute atomic E-state index is 14.5. The molecule has 0 unspecified atom stereocenters. The van der Waals surface area contributed by atoms with Crippen LogP contribution in [-0.2, 0) is 18.4 Å². The molecule has 2 saturated carbocycles. The minimum absolute atomic E-state index is 0. The molecule has 2 atom stereocenters. The number of rotatable bonds is 5. The van der Waals surface area contributed by atoms with Gasteiger partial charge in [-0.1, -0.05) is 22.4 Å². The van der Waals surface area contributed by atoms with Crippen molar-refractivity contribution < 1.29 is 9.09 Å². The van der Waals surface area contributed by atoms with E-state index in [1.54, 1.807) is 12.1 Å². The summed E-state index contributed by atoms with van der Waals surface area (Å²) >= 11 is 9.04. The molecule has 0 saturated heterocycles. The lowest BCUT2D eigenvalue weighted by molar-refractivity contribution is 0.341. The summed E-state index contributed by atoms with van der Waals surface area (Å²) in [5.41, 5.74) is 3.31. The Balaban J connectivity index is 0.00000168. The van der Waals surface area contributed by atoms with Gasteiger partial charge in [0.05, 0.1) is 0 Å². The van der Waals surface area contributed by atoms with Crippen molar-refractivity contribution >= 4 is 28.1 Å². The van der Waals surface area contributed by atoms with E-state index in [9.17, 15) is 4.39 Å². The van der Waals surface area contributed by atoms with Gasteiger partial charge in [-0.05, 0) is 55.2 Å². The van der Waals surface area contributed by atoms with Gasteiger partial charge in [-0.3, -0.25) is 4.70 Å². The van der Waals surface area contributed by atoms with Crippen molar-refractivity contribution in [1.29, 1.82) is 0 Å². The first kappa shape index (κ1) is 18.3. The van der Waals surface area contributed by atoms with Gasteiger partial charge in [0.15, 0.2) is 4.77 Å². The summed E-state index contributed by atoms with van der Waals surface area (Å²) in [6.07, 6.45) is 5.95. The van der Waals surface area contributed by atoms with Gasteiger partial charge in [0.25, 0.3) is 0 Å². The summed E-state index contributed by atoms with van der Waals surface area (Å²) in [5, 5.41) is 3.62. The fourth-order valence-electron chi connectivity index (χ4n) is 4.68. The van der Waals surface area contributed by atoms with E-state index >= 15 is 0 Å². The van der Waals surface area contributed by atoms with E-state index in [1.807, 2.05) is 6.07 Å². The zero-order valence-electron chi connectivity index (χ0n) is 14.4. The van der Waals surface area contributed by atoms with Gasteiger partial charge in [0, 0.05) is 52.7 Å². The number of halogens is 3. The van der Waals surface area contributed by atoms with E-state index in [0.29, 0.717) is 12.0 Å². The molecule has 0 amide bonds. The summed E-state index contributed by atoms with van der Waals surface area (Å²) in [4.78, 5) is 3.41. The van der Waals surface area contributed by atoms with Crippen LogP contribution < -0.4 is 5.32 Å². The number of H-pyrrole nitrogens is 1. The summed E-state index contributed by atoms with van der Waals surface area (Å²) < 4.78 is 18.4. The smallest absolute Gasteiger partial charge is 0.177 e. The van der Waals surface area contributed by atoms with Crippen molar-refractivity contribution in [3.63, 3.8) is 0 Å². The summed E-state index contributed by atoms with van der Waals surface area (Å²) in [6.45, 7) is 1.78. The Morgan fingerprint density at radius 1 is 1.38 bits per heavy atom. The molecule has 2 aromatic rings. The second-order valence-corrected chi connectivity index (χ2v) is 9.05. The number of hydrogen-bond acceptors (Lipinski definition) is 2. The molecule has 1 aliphatic heterocycles. The topological polar surface area (TPSA) is 32.8 Å². The third-order valence-electron chi connectivity index (χ3n) is 6.33. The molecule has 3 aliphatic rings. The molecule has 0 radical (unpaired) electrons. The third-order valence-corrected chi connectivity index (χ3v) is 7.14. The van der Waals surface area contributed by atoms with Crippen LogP contribution in [0, 0.1) is 10.6 Å². The van der Waals surface area contributed by atoms with Gasteiger partial charge in [0.1, 0.15) is 5.82 Å². The zero-order valence-corrected chi connectivity index (χ0v) is 16.8. The Kier molecular flexibility index (Phi) is 4.60. The highest BCUT2D eigenvalue weighted by molar-refractivity contribution is 9.10. The molecule has 0 spiro atoms. The maximum atomic E-state index is 14.5. The van der Waals surface area contributed by atoms with Crippen LogP contribution in [0.15, 0.2) is 22.7 Å². The molecule has 7 heteroatoms. The number of imidazole rings is 1. The van der Waals surface area contributed by atoms with Crippen LogP contribution in [0.25, 0.3) is 0 Å². The van der Waals surface area contributed by atoms with Gasteiger partial charge in [-0.2, -0.15) is 0 Å². The molecular formula is C19H22BrF2N3S. The Labute approximate surface area is 164 Å². The Morgan fingerprint density at radius 2 is 2.19 bits per heavy atom. The van der Waals surface area contributed by atoms with Crippen LogP contribution in [0.5, 0.6) is 0 Å². The first-order chi connectivity index (χ1) is 12.1. The molecule has 26 heavy (non-hydrogen) atoms. The average molecular weight is 442 g/mol. The largest absolute Gasteiger partial charge is 0.334 e. The van der Waals surface area contributed by atoms with E-state index in [0.717, 1.165) is 40.7 Å². The van der Waals surface area contributed by atoms with Gasteiger partial charge >= 0.3 is 0 Å². The number of fused-ring (bicyclic) bond motifs is 3. The number of benzene rings is 1. The third kappa shape index (κ3) is 2.70. The number of hydrogen-bond donors (Lipinski definition) is 2. The molecular weight excluding hydrogens is 420 g/mol. The molecule has 3 nitrogen and oxygen atoms in total. The van der Waals surface area contributed by atoms with Crippen molar-refractivity contribution in [2.24, 2.45) is 0 Å². The van der Waals surface area contributed by atoms with Gasteiger partial charge in [-0.25, -0.2) is 4.39 Å². The Bertz CT molecular complexity index is 905. The first-order valence-electron chi connectivity index (χ1n) is 9.09. The lowest BCUT2D eigenvalue weighted by atomic mass is 9.93. The van der Waals surface area contributed by atoms with Crippen LogP contribution in [0.1, 0.15) is 48.6 Å². The van der Waals surface area contributed by atoms with Crippen molar-refractivity contribution in [2.45, 2.75) is 56.0 Å². The SMILES string of the molecule is F.Fc1ccc(Br)cc1[C@]12C[C@H]1c1c(CCNC3CCC3)[nH]c(=S)n1C2. The molecule has 0 bridgehead atoms. The predicted molar refractivity (Wildman–Crippen MR) is 105 cm³/mol. The standard InChI is InChI=1S/C19H21BrFN3S.FH/c20-11-4-5-15(21)13(8-11)19-9-14(19)17-16(23-18(25)24(17)10-19)6-7-22-12-2-1-3-12;/h4-5,8,12,14,22H,1-3,6-7,9-10H2,(H,23,25);1H/t14-,19+;/m0./s1. The van der Waals surface area contributed by atoms with Gasteiger partial charge in [-0.15, -0.1) is 0 Å². The van der Waals surface area contributed by atoms with Crippen LogP contribution in [0.3, 0.4) is 0 Å². The van der Waals surface area contributed by atoms with Crippen molar-refractivity contribution in [3.05, 3.63) is 50.2 Å². The number of nitrogens with one attached hydrogen (secondary N) is 2. The minimum atomic E-state index is -0.0976. The van der Waals surface area contributed by atoms with Crippen molar-refractivity contribution in [2.75, 3.05) is 6.54 Å². The maximum Gasteiger partial charge on any atom is 0.177 e. The Hall–Kier alpha value is -1.05. The summed E-state index contributed by atoms with van der Waals surface area (Å²) in [7, 11) is 0. The molecule has 2 aliphatic carbocycles. The lowest BCUT2D eigenvalue weighted by Crippen LogP contribution is -2.36. The predicted octanol–water partition coefficient (Wildman–Crippen LogP) is 4.72. The van der Waals surface area contributed by atoms with E-state index in [1.165, 1.54) is 30.7 Å². The molecule has 5 rings (SSSR count). The van der Waals surface area contributed by atoms with Crippen molar-refractivity contribution in [1.82, 2.24) is 14.9 Å². The number of nitrogens with zero attached hydrogens (tertiary/aromatic N) is 1. The van der Waals surface area contributed by atoms with E-state index in [-0.39, 0.29) is 15.9 Å². The summed E-state index contributed by atoms with van der Waals surface area (Å²) in [6, 6.07) is 5.99. The lowest BCUT2D eigenvalue weighted by Gasteiger charge is -2.26. The molecule has 2 heterocycles. The normalized spacial score (nSPS) is 26.0. The van der Waals surface area contributed by atoms with E-state index in [4.69, 9.17) is 12.2 Å². The average Bonchev–Trinajstić information content (AvgIpc) is 3.04. The zero-order chi connectivity index (χ0) is 17.2. The van der Waals surface area contributed by atoms with E-state index in [2.05, 4.69) is 30.8 Å². The van der Waals surface area contributed by atoms with Crippen LogP contribution in [-0.4, -0.2) is 22.1 Å². The molecule has 2 fully saturated rings. The van der Waals surface area contributed by atoms with Crippen LogP contribution in [0.4, 0.5) is 9.09 Å². The monoisotopic (exact) mass is 441 g/mol. The fraction of sp³-hybridized carbons (Fsp3) is 0.526. The van der Waals surface area contributed by atoms with Gasteiger partial charge < -0.3 is 14.9 Å². The number of aromatic nitrogens is 2. The quantitative estimate of drug-likeness (QED) is 0.657. The van der Waals surface area contributed by atoms with Crippen LogP contribution in [0.2, 0.25) is 0 Å². The number of aromatic amines is 1. The molecule has 140 valence electrons. The molecule has 1 aromatic carbocycles. The highest BCUT2D eigenvalue weighted by Gasteiger charge is 2.63. The molecule has 1 aromatic heterocycles. The van der Waals surface area contributed by atoms with E-state index < -0.39 is 0 Å². The Morgan fingerprint density at radius 3 is 2.92 bits per heavy atom. The summed E-state index contributed by atoms with van der Waals surface area (Å²) in [5.74, 6) is 0.294. The highest BCUT2D eigenvalue weighted by atomic mass is 79.9. The fourth-order valence-corrected chi connectivity index (χ4v) is 5.32. The first-order valence-corrected chi connectivity index (χ1v) is 10.3. The molecule has 2 N–H and O–H groups in total.